The first-order valence-corrected chi connectivity index (χ1v) is 8.01. The van der Waals surface area contributed by atoms with Gasteiger partial charge in [-0.25, -0.2) is 4.98 Å². The molecule has 2 aromatic rings. The van der Waals surface area contributed by atoms with Gasteiger partial charge in [-0.3, -0.25) is 4.79 Å². The standard InChI is InChI=1S/C14H16BrN3O2S.ClH/c1-8(9-3-4-12(20-2)10(15)5-9)17-14(19)11-7-21-13(6-16)18-11;/h3-5,7-8H,6,16H2,1-2H3,(H,17,19);1H. The number of amides is 1. The number of hydrogen-bond donors (Lipinski definition) is 2. The Balaban J connectivity index is 0.00000242. The number of methoxy groups -OCH3 is 1. The monoisotopic (exact) mass is 405 g/mol. The lowest BCUT2D eigenvalue weighted by Gasteiger charge is -2.15. The van der Waals surface area contributed by atoms with Gasteiger partial charge in [0.25, 0.3) is 5.91 Å². The molecule has 0 saturated heterocycles. The molecule has 1 unspecified atom stereocenters. The summed E-state index contributed by atoms with van der Waals surface area (Å²) in [6.45, 7) is 2.27. The molecule has 1 aromatic heterocycles. The molecule has 3 N–H and O–H groups in total. The Bertz CT molecular complexity index is 651. The number of halogens is 2. The van der Waals surface area contributed by atoms with E-state index in [2.05, 4.69) is 26.2 Å². The van der Waals surface area contributed by atoms with Gasteiger partial charge in [0.15, 0.2) is 0 Å². The molecule has 0 fully saturated rings. The zero-order chi connectivity index (χ0) is 15.4. The summed E-state index contributed by atoms with van der Waals surface area (Å²) >= 11 is 4.82. The minimum atomic E-state index is -0.203. The van der Waals surface area contributed by atoms with Crippen LogP contribution in [0.15, 0.2) is 28.1 Å². The minimum absolute atomic E-state index is 0. The molecule has 0 aliphatic heterocycles. The van der Waals surface area contributed by atoms with Crippen molar-refractivity contribution < 1.29 is 9.53 Å². The third kappa shape index (κ3) is 4.42. The van der Waals surface area contributed by atoms with E-state index in [9.17, 15) is 4.79 Å². The van der Waals surface area contributed by atoms with Crippen LogP contribution >= 0.6 is 39.7 Å². The van der Waals surface area contributed by atoms with Crippen LogP contribution in [0.25, 0.3) is 0 Å². The Morgan fingerprint density at radius 2 is 2.27 bits per heavy atom. The van der Waals surface area contributed by atoms with Crippen LogP contribution in [-0.4, -0.2) is 18.0 Å². The van der Waals surface area contributed by atoms with Crippen LogP contribution in [0.4, 0.5) is 0 Å². The second-order valence-corrected chi connectivity index (χ2v) is 6.22. The normalized spacial score (nSPS) is 11.5. The number of aromatic nitrogens is 1. The largest absolute Gasteiger partial charge is 0.496 e. The van der Waals surface area contributed by atoms with Crippen LogP contribution in [0.5, 0.6) is 5.75 Å². The Labute approximate surface area is 147 Å². The van der Waals surface area contributed by atoms with E-state index in [0.29, 0.717) is 12.2 Å². The fourth-order valence-corrected chi connectivity index (χ4v) is 3.03. The lowest BCUT2D eigenvalue weighted by molar-refractivity contribution is 0.0935. The number of hydrogen-bond acceptors (Lipinski definition) is 5. The minimum Gasteiger partial charge on any atom is -0.496 e. The molecule has 0 aliphatic rings. The SMILES string of the molecule is COc1ccc(C(C)NC(=O)c2csc(CN)n2)cc1Br.Cl. The molecule has 2 rings (SSSR count). The maximum Gasteiger partial charge on any atom is 0.271 e. The summed E-state index contributed by atoms with van der Waals surface area (Å²) in [7, 11) is 1.61. The highest BCUT2D eigenvalue weighted by molar-refractivity contribution is 9.10. The quantitative estimate of drug-likeness (QED) is 0.799. The number of nitrogens with zero attached hydrogens (tertiary/aromatic N) is 1. The molecule has 22 heavy (non-hydrogen) atoms. The fraction of sp³-hybridized carbons (Fsp3) is 0.286. The van der Waals surface area contributed by atoms with Gasteiger partial charge in [0.05, 0.1) is 17.6 Å². The van der Waals surface area contributed by atoms with Gasteiger partial charge in [0, 0.05) is 11.9 Å². The average molecular weight is 407 g/mol. The van der Waals surface area contributed by atoms with E-state index in [1.165, 1.54) is 11.3 Å². The van der Waals surface area contributed by atoms with E-state index in [1.54, 1.807) is 12.5 Å². The summed E-state index contributed by atoms with van der Waals surface area (Å²) in [5.41, 5.74) is 6.88. The van der Waals surface area contributed by atoms with Gasteiger partial charge in [0.1, 0.15) is 16.5 Å². The smallest absolute Gasteiger partial charge is 0.271 e. The van der Waals surface area contributed by atoms with Gasteiger partial charge in [-0.15, -0.1) is 23.7 Å². The van der Waals surface area contributed by atoms with Crippen LogP contribution in [0, 0.1) is 0 Å². The molecule has 1 aromatic carbocycles. The zero-order valence-corrected chi connectivity index (χ0v) is 15.3. The Hall–Kier alpha value is -1.15. The third-order valence-corrected chi connectivity index (χ3v) is 4.47. The van der Waals surface area contributed by atoms with Crippen molar-refractivity contribution in [3.8, 4) is 5.75 Å². The number of ether oxygens (including phenoxy) is 1. The molecular weight excluding hydrogens is 390 g/mol. The van der Waals surface area contributed by atoms with Gasteiger partial charge >= 0.3 is 0 Å². The summed E-state index contributed by atoms with van der Waals surface area (Å²) in [6.07, 6.45) is 0. The topological polar surface area (TPSA) is 77.2 Å². The number of benzene rings is 1. The number of nitrogens with two attached hydrogens (primary N) is 1. The fourth-order valence-electron chi connectivity index (χ4n) is 1.81. The van der Waals surface area contributed by atoms with Crippen molar-refractivity contribution in [1.29, 1.82) is 0 Å². The first-order valence-electron chi connectivity index (χ1n) is 6.34. The van der Waals surface area contributed by atoms with E-state index < -0.39 is 0 Å². The number of nitrogens with one attached hydrogen (secondary N) is 1. The molecule has 0 bridgehead atoms. The van der Waals surface area contributed by atoms with Crippen LogP contribution < -0.4 is 15.8 Å². The van der Waals surface area contributed by atoms with Crippen LogP contribution in [0.3, 0.4) is 0 Å². The molecule has 120 valence electrons. The van der Waals surface area contributed by atoms with Crippen LogP contribution in [0.2, 0.25) is 0 Å². The van der Waals surface area contributed by atoms with Crippen LogP contribution in [0.1, 0.15) is 34.0 Å². The Morgan fingerprint density at radius 3 is 2.82 bits per heavy atom. The second-order valence-electron chi connectivity index (χ2n) is 4.42. The van der Waals surface area contributed by atoms with E-state index in [-0.39, 0.29) is 24.4 Å². The highest BCUT2D eigenvalue weighted by atomic mass is 79.9. The molecule has 1 amide bonds. The molecule has 8 heteroatoms. The molecule has 0 radical (unpaired) electrons. The summed E-state index contributed by atoms with van der Waals surface area (Å²) in [5.74, 6) is 0.551. The van der Waals surface area contributed by atoms with Gasteiger partial charge in [-0.05, 0) is 40.5 Å². The lowest BCUT2D eigenvalue weighted by Crippen LogP contribution is -2.27. The molecule has 0 aliphatic carbocycles. The third-order valence-electron chi connectivity index (χ3n) is 2.98. The van der Waals surface area contributed by atoms with Gasteiger partial charge in [-0.2, -0.15) is 0 Å². The van der Waals surface area contributed by atoms with Crippen molar-refractivity contribution >= 4 is 45.6 Å². The summed E-state index contributed by atoms with van der Waals surface area (Å²) < 4.78 is 6.04. The highest BCUT2D eigenvalue weighted by Crippen LogP contribution is 2.28. The number of thiazole rings is 1. The summed E-state index contributed by atoms with van der Waals surface area (Å²) in [6, 6.07) is 5.57. The van der Waals surface area contributed by atoms with Crippen LogP contribution in [-0.2, 0) is 6.54 Å². The maximum absolute atomic E-state index is 12.1. The maximum atomic E-state index is 12.1. The first-order chi connectivity index (χ1) is 10.0. The number of carbonyl (C=O) groups is 1. The van der Waals surface area contributed by atoms with Crippen molar-refractivity contribution in [2.24, 2.45) is 5.73 Å². The molecule has 1 atom stereocenters. The highest BCUT2D eigenvalue weighted by Gasteiger charge is 2.15. The van der Waals surface area contributed by atoms with Crippen molar-refractivity contribution in [2.45, 2.75) is 19.5 Å². The average Bonchev–Trinajstić information content (AvgIpc) is 2.96. The predicted octanol–water partition coefficient (Wildman–Crippen LogP) is 3.29. The number of rotatable bonds is 5. The van der Waals surface area contributed by atoms with Crippen molar-refractivity contribution in [3.05, 3.63) is 44.3 Å². The van der Waals surface area contributed by atoms with E-state index in [1.807, 2.05) is 25.1 Å². The van der Waals surface area contributed by atoms with Crippen molar-refractivity contribution in [3.63, 3.8) is 0 Å². The van der Waals surface area contributed by atoms with Crippen molar-refractivity contribution in [1.82, 2.24) is 10.3 Å². The first kappa shape index (κ1) is 18.9. The molecular formula is C14H17BrClN3O2S. The molecule has 0 saturated carbocycles. The lowest BCUT2D eigenvalue weighted by atomic mass is 10.1. The van der Waals surface area contributed by atoms with E-state index in [0.717, 1.165) is 20.8 Å². The molecule has 1 heterocycles. The molecule has 5 nitrogen and oxygen atoms in total. The predicted molar refractivity (Wildman–Crippen MR) is 93.8 cm³/mol. The zero-order valence-electron chi connectivity index (χ0n) is 12.1. The van der Waals surface area contributed by atoms with E-state index >= 15 is 0 Å². The van der Waals surface area contributed by atoms with E-state index in [4.69, 9.17) is 10.5 Å². The Morgan fingerprint density at radius 1 is 1.55 bits per heavy atom. The van der Waals surface area contributed by atoms with Gasteiger partial charge in [0.2, 0.25) is 0 Å². The number of carbonyl (C=O) groups excluding carboxylic acids is 1. The Kier molecular flexibility index (Phi) is 7.28. The van der Waals surface area contributed by atoms with Gasteiger partial charge in [-0.1, -0.05) is 6.07 Å². The van der Waals surface area contributed by atoms with Gasteiger partial charge < -0.3 is 15.8 Å². The van der Waals surface area contributed by atoms with Crippen molar-refractivity contribution in [2.75, 3.05) is 7.11 Å². The summed E-state index contributed by atoms with van der Waals surface area (Å²) in [4.78, 5) is 16.3. The summed E-state index contributed by atoms with van der Waals surface area (Å²) in [5, 5.41) is 5.38. The second kappa shape index (κ2) is 8.47. The molecule has 0 spiro atoms.